The van der Waals surface area contributed by atoms with Crippen LogP contribution in [0.25, 0.3) is 21.5 Å². The quantitative estimate of drug-likeness (QED) is 0.389. The topological polar surface area (TPSA) is 49.8 Å². The molecule has 5 aromatic rings. The zero-order valence-electron chi connectivity index (χ0n) is 14.4. The zero-order valence-corrected chi connectivity index (χ0v) is 15.2. The summed E-state index contributed by atoms with van der Waals surface area (Å²) in [6.45, 7) is 0. The number of nitrogens with one attached hydrogen (secondary N) is 2. The highest BCUT2D eigenvalue weighted by molar-refractivity contribution is 7.19. The van der Waals surface area contributed by atoms with Crippen molar-refractivity contribution in [1.82, 2.24) is 10.2 Å². The molecule has 4 aromatic carbocycles. The van der Waals surface area contributed by atoms with Crippen molar-refractivity contribution in [3.63, 3.8) is 0 Å². The van der Waals surface area contributed by atoms with Crippen molar-refractivity contribution >= 4 is 54.5 Å². The van der Waals surface area contributed by atoms with Gasteiger partial charge in [-0.15, -0.1) is 10.2 Å². The van der Waals surface area contributed by atoms with Gasteiger partial charge in [0.1, 0.15) is 0 Å². The van der Waals surface area contributed by atoms with E-state index in [0.29, 0.717) is 0 Å². The Balaban J connectivity index is 1.35. The Hall–Kier alpha value is -3.44. The van der Waals surface area contributed by atoms with Gasteiger partial charge in [0, 0.05) is 11.4 Å². The third kappa shape index (κ3) is 3.32. The van der Waals surface area contributed by atoms with Gasteiger partial charge in [0.25, 0.3) is 0 Å². The first-order chi connectivity index (χ1) is 13.3. The Morgan fingerprint density at radius 2 is 0.963 bits per heavy atom. The molecule has 0 saturated heterocycles. The van der Waals surface area contributed by atoms with Crippen LogP contribution >= 0.6 is 11.3 Å². The first kappa shape index (κ1) is 15.8. The zero-order chi connectivity index (χ0) is 18.1. The largest absolute Gasteiger partial charge is 0.330 e. The highest BCUT2D eigenvalue weighted by Gasteiger charge is 2.06. The van der Waals surface area contributed by atoms with Gasteiger partial charge in [0.2, 0.25) is 10.3 Å². The molecule has 1 aromatic heterocycles. The fourth-order valence-corrected chi connectivity index (χ4v) is 3.79. The van der Waals surface area contributed by atoms with E-state index in [0.717, 1.165) is 21.6 Å². The van der Waals surface area contributed by atoms with Crippen LogP contribution in [0.2, 0.25) is 0 Å². The monoisotopic (exact) mass is 368 g/mol. The van der Waals surface area contributed by atoms with E-state index < -0.39 is 0 Å². The summed E-state index contributed by atoms with van der Waals surface area (Å²) in [6.07, 6.45) is 0. The van der Waals surface area contributed by atoms with Crippen LogP contribution in [0.4, 0.5) is 21.6 Å². The van der Waals surface area contributed by atoms with Crippen molar-refractivity contribution in [1.29, 1.82) is 0 Å². The van der Waals surface area contributed by atoms with E-state index in [9.17, 15) is 0 Å². The Bertz CT molecular complexity index is 1150. The van der Waals surface area contributed by atoms with Crippen molar-refractivity contribution in [3.05, 3.63) is 84.9 Å². The molecule has 27 heavy (non-hydrogen) atoms. The second kappa shape index (κ2) is 6.70. The Morgan fingerprint density at radius 1 is 0.519 bits per heavy atom. The van der Waals surface area contributed by atoms with Crippen LogP contribution in [0, 0.1) is 0 Å². The second-order valence-corrected chi connectivity index (χ2v) is 7.26. The van der Waals surface area contributed by atoms with E-state index in [4.69, 9.17) is 0 Å². The average molecular weight is 368 g/mol. The van der Waals surface area contributed by atoms with Crippen molar-refractivity contribution in [2.24, 2.45) is 0 Å². The lowest BCUT2D eigenvalue weighted by Crippen LogP contribution is -1.89. The summed E-state index contributed by atoms with van der Waals surface area (Å²) < 4.78 is 0. The van der Waals surface area contributed by atoms with Gasteiger partial charge in [-0.1, -0.05) is 72.0 Å². The molecule has 5 rings (SSSR count). The third-order valence-corrected chi connectivity index (χ3v) is 5.18. The maximum Gasteiger partial charge on any atom is 0.211 e. The maximum absolute atomic E-state index is 4.24. The molecule has 0 aliphatic rings. The highest BCUT2D eigenvalue weighted by atomic mass is 32.1. The molecule has 1 heterocycles. The maximum atomic E-state index is 4.24. The van der Waals surface area contributed by atoms with E-state index in [1.165, 1.54) is 32.9 Å². The molecule has 0 aliphatic heterocycles. The molecule has 0 bridgehead atoms. The SMILES string of the molecule is c1ccc2cc(Nc3nnc(Nc4ccc5ccccc5c4)s3)ccc2c1. The minimum Gasteiger partial charge on any atom is -0.330 e. The molecule has 0 amide bonds. The molecule has 0 spiro atoms. The van der Waals surface area contributed by atoms with Crippen LogP contribution in [0.5, 0.6) is 0 Å². The van der Waals surface area contributed by atoms with Gasteiger partial charge in [-0.25, -0.2) is 0 Å². The minimum atomic E-state index is 0.758. The average Bonchev–Trinajstić information content (AvgIpc) is 3.14. The van der Waals surface area contributed by atoms with E-state index in [-0.39, 0.29) is 0 Å². The van der Waals surface area contributed by atoms with Crippen LogP contribution < -0.4 is 10.6 Å². The van der Waals surface area contributed by atoms with E-state index in [1.807, 2.05) is 24.3 Å². The molecule has 0 unspecified atom stereocenters. The molecule has 5 heteroatoms. The number of rotatable bonds is 4. The van der Waals surface area contributed by atoms with Crippen molar-refractivity contribution in [3.8, 4) is 0 Å². The number of nitrogens with zero attached hydrogens (tertiary/aromatic N) is 2. The number of hydrogen-bond acceptors (Lipinski definition) is 5. The molecule has 0 fully saturated rings. The summed E-state index contributed by atoms with van der Waals surface area (Å²) in [7, 11) is 0. The van der Waals surface area contributed by atoms with Gasteiger partial charge in [-0.05, 0) is 45.8 Å². The number of hydrogen-bond donors (Lipinski definition) is 2. The van der Waals surface area contributed by atoms with Crippen LogP contribution in [0.3, 0.4) is 0 Å². The number of anilines is 4. The lowest BCUT2D eigenvalue weighted by molar-refractivity contribution is 1.10. The molecule has 0 radical (unpaired) electrons. The first-order valence-electron chi connectivity index (χ1n) is 8.69. The van der Waals surface area contributed by atoms with Crippen LogP contribution in [0.1, 0.15) is 0 Å². The molecule has 130 valence electrons. The molecule has 0 atom stereocenters. The summed E-state index contributed by atoms with van der Waals surface area (Å²) in [5.74, 6) is 0. The van der Waals surface area contributed by atoms with Gasteiger partial charge >= 0.3 is 0 Å². The summed E-state index contributed by atoms with van der Waals surface area (Å²) in [5.41, 5.74) is 2.00. The smallest absolute Gasteiger partial charge is 0.211 e. The molecule has 0 aliphatic carbocycles. The Morgan fingerprint density at radius 3 is 1.44 bits per heavy atom. The van der Waals surface area contributed by atoms with E-state index in [2.05, 4.69) is 81.5 Å². The first-order valence-corrected chi connectivity index (χ1v) is 9.50. The Kier molecular flexibility index (Phi) is 3.92. The van der Waals surface area contributed by atoms with Gasteiger partial charge in [-0.2, -0.15) is 0 Å². The van der Waals surface area contributed by atoms with E-state index >= 15 is 0 Å². The minimum absolute atomic E-state index is 0.758. The lowest BCUT2D eigenvalue weighted by atomic mass is 10.1. The van der Waals surface area contributed by atoms with Crippen LogP contribution in [-0.2, 0) is 0 Å². The number of aromatic nitrogens is 2. The fourth-order valence-electron chi connectivity index (χ4n) is 3.11. The summed E-state index contributed by atoms with van der Waals surface area (Å²) >= 11 is 1.49. The predicted octanol–water partition coefficient (Wildman–Crippen LogP) is 6.33. The van der Waals surface area contributed by atoms with Gasteiger partial charge < -0.3 is 10.6 Å². The number of benzene rings is 4. The normalized spacial score (nSPS) is 11.0. The standard InChI is InChI=1S/C22H16N4S/c1-3-7-17-13-19(11-9-15(17)5-1)23-21-25-26-22(27-21)24-20-12-10-16-6-2-4-8-18(16)14-20/h1-14H,(H,23,25)(H,24,26). The predicted molar refractivity (Wildman–Crippen MR) is 114 cm³/mol. The molecular weight excluding hydrogens is 352 g/mol. The fraction of sp³-hybridized carbons (Fsp3) is 0. The van der Waals surface area contributed by atoms with Crippen LogP contribution in [-0.4, -0.2) is 10.2 Å². The molecule has 4 nitrogen and oxygen atoms in total. The highest BCUT2D eigenvalue weighted by Crippen LogP contribution is 2.29. The van der Waals surface area contributed by atoms with E-state index in [1.54, 1.807) is 0 Å². The summed E-state index contributed by atoms with van der Waals surface area (Å²) in [4.78, 5) is 0. The van der Waals surface area contributed by atoms with Crippen molar-refractivity contribution < 1.29 is 0 Å². The molecular formula is C22H16N4S. The second-order valence-electron chi connectivity index (χ2n) is 6.29. The van der Waals surface area contributed by atoms with Gasteiger partial charge in [0.05, 0.1) is 0 Å². The summed E-state index contributed by atoms with van der Waals surface area (Å²) in [5, 5.41) is 21.5. The van der Waals surface area contributed by atoms with Gasteiger partial charge in [-0.3, -0.25) is 0 Å². The van der Waals surface area contributed by atoms with Crippen molar-refractivity contribution in [2.45, 2.75) is 0 Å². The van der Waals surface area contributed by atoms with Gasteiger partial charge in [0.15, 0.2) is 0 Å². The third-order valence-electron chi connectivity index (χ3n) is 4.43. The van der Waals surface area contributed by atoms with Crippen molar-refractivity contribution in [2.75, 3.05) is 10.6 Å². The van der Waals surface area contributed by atoms with Crippen LogP contribution in [0.15, 0.2) is 84.9 Å². The molecule has 2 N–H and O–H groups in total. The number of fused-ring (bicyclic) bond motifs is 2. The Labute approximate surface area is 160 Å². The molecule has 0 saturated carbocycles. The summed E-state index contributed by atoms with van der Waals surface area (Å²) in [6, 6.07) is 29.2. The lowest BCUT2D eigenvalue weighted by Gasteiger charge is -2.04.